The van der Waals surface area contributed by atoms with Crippen molar-refractivity contribution in [3.8, 4) is 11.5 Å². The lowest BCUT2D eigenvalue weighted by atomic mass is 10.2. The number of hydrogen-bond acceptors (Lipinski definition) is 5. The summed E-state index contributed by atoms with van der Waals surface area (Å²) in [6.07, 6.45) is 1.55. The molecule has 0 unspecified atom stereocenters. The van der Waals surface area contributed by atoms with Crippen molar-refractivity contribution in [3.05, 3.63) is 101 Å². The van der Waals surface area contributed by atoms with Gasteiger partial charge in [-0.15, -0.1) is 0 Å². The van der Waals surface area contributed by atoms with Crippen molar-refractivity contribution in [3.63, 3.8) is 0 Å². The van der Waals surface area contributed by atoms with E-state index in [0.29, 0.717) is 17.2 Å². The average molecular weight is 514 g/mol. The zero-order chi connectivity index (χ0) is 23.5. The maximum absolute atomic E-state index is 12.6. The minimum absolute atomic E-state index is 0.265. The van der Waals surface area contributed by atoms with Crippen molar-refractivity contribution in [2.75, 3.05) is 10.6 Å². The summed E-state index contributed by atoms with van der Waals surface area (Å²) < 4.78 is 9.01. The average Bonchev–Trinajstić information content (AvgIpc) is 3.15. The van der Waals surface area contributed by atoms with E-state index in [1.165, 1.54) is 0 Å². The zero-order valence-electron chi connectivity index (χ0n) is 18.2. The van der Waals surface area contributed by atoms with Crippen molar-refractivity contribution in [2.24, 2.45) is 7.05 Å². The van der Waals surface area contributed by atoms with Crippen LogP contribution >= 0.6 is 15.9 Å². The molecule has 5 rings (SSSR count). The van der Waals surface area contributed by atoms with E-state index in [0.717, 1.165) is 27.1 Å². The number of anilines is 3. The summed E-state index contributed by atoms with van der Waals surface area (Å²) in [5.41, 5.74) is 3.66. The molecule has 0 saturated heterocycles. The van der Waals surface area contributed by atoms with Crippen LogP contribution in [0.3, 0.4) is 0 Å². The molecule has 2 N–H and O–H groups in total. The number of carbonyl (C=O) groups is 1. The van der Waals surface area contributed by atoms with Crippen molar-refractivity contribution in [1.29, 1.82) is 0 Å². The number of aromatic nitrogens is 3. The first-order chi connectivity index (χ1) is 16.5. The zero-order valence-corrected chi connectivity index (χ0v) is 19.8. The van der Waals surface area contributed by atoms with E-state index >= 15 is 0 Å². The van der Waals surface area contributed by atoms with Gasteiger partial charge in [0.05, 0.1) is 11.0 Å². The van der Waals surface area contributed by atoms with Crippen LogP contribution in [-0.4, -0.2) is 20.4 Å². The van der Waals surface area contributed by atoms with Gasteiger partial charge < -0.3 is 19.9 Å². The minimum Gasteiger partial charge on any atom is -0.457 e. The molecular formula is C26H20BrN5O2. The Morgan fingerprint density at radius 2 is 1.68 bits per heavy atom. The molecule has 0 aliphatic carbocycles. The van der Waals surface area contributed by atoms with Gasteiger partial charge in [-0.2, -0.15) is 0 Å². The summed E-state index contributed by atoms with van der Waals surface area (Å²) in [6.45, 7) is 0. The Bertz CT molecular complexity index is 1470. The molecule has 3 aromatic carbocycles. The second-order valence-electron chi connectivity index (χ2n) is 7.58. The summed E-state index contributed by atoms with van der Waals surface area (Å²) in [4.78, 5) is 21.4. The first-order valence-corrected chi connectivity index (χ1v) is 11.3. The fourth-order valence-corrected chi connectivity index (χ4v) is 3.73. The second kappa shape index (κ2) is 9.36. The predicted octanol–water partition coefficient (Wildman–Crippen LogP) is 6.52. The van der Waals surface area contributed by atoms with E-state index < -0.39 is 0 Å². The number of aryl methyl sites for hydroxylation is 1. The van der Waals surface area contributed by atoms with Crippen LogP contribution in [0.2, 0.25) is 0 Å². The van der Waals surface area contributed by atoms with Gasteiger partial charge in [0, 0.05) is 41.2 Å². The number of ether oxygens (including phenoxy) is 1. The van der Waals surface area contributed by atoms with Crippen LogP contribution in [0.15, 0.2) is 95.6 Å². The number of nitrogens with zero attached hydrogens (tertiary/aromatic N) is 3. The maximum Gasteiger partial charge on any atom is 0.274 e. The van der Waals surface area contributed by atoms with Gasteiger partial charge in [-0.05, 0) is 54.6 Å². The Morgan fingerprint density at radius 1 is 0.912 bits per heavy atom. The van der Waals surface area contributed by atoms with Gasteiger partial charge in [-0.3, -0.25) is 9.78 Å². The number of carbonyl (C=O) groups excluding carboxylic acids is 1. The summed E-state index contributed by atoms with van der Waals surface area (Å²) in [6, 6.07) is 26.2. The van der Waals surface area contributed by atoms with Crippen LogP contribution < -0.4 is 15.4 Å². The number of hydrogen-bond donors (Lipinski definition) is 2. The summed E-state index contributed by atoms with van der Waals surface area (Å²) in [5.74, 6) is 1.54. The molecule has 0 radical (unpaired) electrons. The largest absolute Gasteiger partial charge is 0.457 e. The normalized spacial score (nSPS) is 10.8. The Morgan fingerprint density at radius 3 is 2.47 bits per heavy atom. The molecule has 168 valence electrons. The van der Waals surface area contributed by atoms with E-state index in [2.05, 4.69) is 31.5 Å². The van der Waals surface area contributed by atoms with E-state index in [1.807, 2.05) is 84.4 Å². The molecule has 34 heavy (non-hydrogen) atoms. The lowest BCUT2D eigenvalue weighted by molar-refractivity contribution is 0.102. The molecule has 0 aliphatic rings. The molecule has 0 aliphatic heterocycles. The van der Waals surface area contributed by atoms with E-state index in [-0.39, 0.29) is 11.6 Å². The number of para-hydroxylation sites is 1. The standard InChI is InChI=1S/C26H20BrN5O2/c1-32-24-12-11-20(15-22(24)31-26(32)30-19-9-7-17(27)8-10-19)34-21-13-14-28-23(16-21)25(33)29-18-5-3-2-4-6-18/h2-16H,1H3,(H,29,33)(H,30,31). The van der Waals surface area contributed by atoms with Crippen LogP contribution in [0.5, 0.6) is 11.5 Å². The molecule has 7 nitrogen and oxygen atoms in total. The van der Waals surface area contributed by atoms with Crippen LogP contribution in [0.25, 0.3) is 11.0 Å². The van der Waals surface area contributed by atoms with E-state index in [4.69, 9.17) is 9.72 Å². The Kier molecular flexibility index (Phi) is 5.97. The van der Waals surface area contributed by atoms with E-state index in [9.17, 15) is 4.79 Å². The highest BCUT2D eigenvalue weighted by Crippen LogP contribution is 2.28. The van der Waals surface area contributed by atoms with Gasteiger partial charge in [-0.25, -0.2) is 4.98 Å². The highest BCUT2D eigenvalue weighted by atomic mass is 79.9. The molecule has 2 aromatic heterocycles. The third-order valence-electron chi connectivity index (χ3n) is 5.18. The number of nitrogens with one attached hydrogen (secondary N) is 2. The highest BCUT2D eigenvalue weighted by Gasteiger charge is 2.12. The number of pyridine rings is 1. The van der Waals surface area contributed by atoms with Crippen molar-refractivity contribution in [1.82, 2.24) is 14.5 Å². The summed E-state index contributed by atoms with van der Waals surface area (Å²) >= 11 is 3.45. The van der Waals surface area contributed by atoms with Gasteiger partial charge in [0.25, 0.3) is 5.91 Å². The molecule has 8 heteroatoms. The van der Waals surface area contributed by atoms with Gasteiger partial charge in [0.2, 0.25) is 5.95 Å². The SMILES string of the molecule is Cn1c(Nc2ccc(Br)cc2)nc2cc(Oc3ccnc(C(=O)Nc4ccccc4)c3)ccc21. The van der Waals surface area contributed by atoms with Crippen molar-refractivity contribution in [2.45, 2.75) is 0 Å². The quantitative estimate of drug-likeness (QED) is 0.270. The molecule has 0 atom stereocenters. The van der Waals surface area contributed by atoms with Gasteiger partial charge in [0.1, 0.15) is 17.2 Å². The van der Waals surface area contributed by atoms with E-state index in [1.54, 1.807) is 18.3 Å². The first kappa shape index (κ1) is 21.7. The fraction of sp³-hybridized carbons (Fsp3) is 0.0385. The number of amides is 1. The van der Waals surface area contributed by atoms with Crippen LogP contribution in [0, 0.1) is 0 Å². The Balaban J connectivity index is 1.34. The minimum atomic E-state index is -0.305. The number of halogens is 1. The van der Waals surface area contributed by atoms with Crippen molar-refractivity contribution >= 4 is 50.2 Å². The molecule has 0 fully saturated rings. The smallest absolute Gasteiger partial charge is 0.274 e. The van der Waals surface area contributed by atoms with Crippen LogP contribution in [0.4, 0.5) is 17.3 Å². The first-order valence-electron chi connectivity index (χ1n) is 10.5. The lowest BCUT2D eigenvalue weighted by Crippen LogP contribution is -2.13. The molecule has 1 amide bonds. The number of rotatable bonds is 6. The lowest BCUT2D eigenvalue weighted by Gasteiger charge is -2.08. The number of fused-ring (bicyclic) bond motifs is 1. The third-order valence-corrected chi connectivity index (χ3v) is 5.71. The van der Waals surface area contributed by atoms with Gasteiger partial charge in [0.15, 0.2) is 0 Å². The Hall–Kier alpha value is -4.17. The molecule has 0 saturated carbocycles. The monoisotopic (exact) mass is 513 g/mol. The molecule has 5 aromatic rings. The third kappa shape index (κ3) is 4.77. The number of benzene rings is 3. The predicted molar refractivity (Wildman–Crippen MR) is 137 cm³/mol. The maximum atomic E-state index is 12.6. The fourth-order valence-electron chi connectivity index (χ4n) is 3.47. The van der Waals surface area contributed by atoms with Gasteiger partial charge in [-0.1, -0.05) is 34.1 Å². The molecule has 0 bridgehead atoms. The topological polar surface area (TPSA) is 81.1 Å². The summed E-state index contributed by atoms with van der Waals surface area (Å²) in [7, 11) is 1.96. The molecule has 2 heterocycles. The van der Waals surface area contributed by atoms with Crippen LogP contribution in [-0.2, 0) is 7.05 Å². The molecule has 0 spiro atoms. The number of imidazole rings is 1. The Labute approximate surface area is 204 Å². The molecular weight excluding hydrogens is 494 g/mol. The highest BCUT2D eigenvalue weighted by molar-refractivity contribution is 9.10. The van der Waals surface area contributed by atoms with Gasteiger partial charge >= 0.3 is 0 Å². The summed E-state index contributed by atoms with van der Waals surface area (Å²) in [5, 5.41) is 6.16. The van der Waals surface area contributed by atoms with Crippen molar-refractivity contribution < 1.29 is 9.53 Å². The second-order valence-corrected chi connectivity index (χ2v) is 8.49. The van der Waals surface area contributed by atoms with Crippen LogP contribution in [0.1, 0.15) is 10.5 Å².